The number of hydrogen-bond acceptors (Lipinski definition) is 3. The van der Waals surface area contributed by atoms with Crippen LogP contribution in [0.25, 0.3) is 5.95 Å². The summed E-state index contributed by atoms with van der Waals surface area (Å²) in [4.78, 5) is 19.9. The Morgan fingerprint density at radius 1 is 1.09 bits per heavy atom. The predicted molar refractivity (Wildman–Crippen MR) is 90.2 cm³/mol. The highest BCUT2D eigenvalue weighted by Crippen LogP contribution is 2.12. The summed E-state index contributed by atoms with van der Waals surface area (Å²) in [6.07, 6.45) is 0.575. The van der Waals surface area contributed by atoms with Crippen molar-refractivity contribution in [2.24, 2.45) is 0 Å². The third-order valence-electron chi connectivity index (χ3n) is 3.92. The van der Waals surface area contributed by atoms with Crippen LogP contribution in [0.1, 0.15) is 33.8 Å². The largest absolute Gasteiger partial charge is 0.291 e. The summed E-state index contributed by atoms with van der Waals surface area (Å²) in [5.74, 6) is 0.464. The number of nitrogens with zero attached hydrogens (tertiary/aromatic N) is 3. The summed E-state index contributed by atoms with van der Waals surface area (Å²) < 4.78 is 1.67. The van der Waals surface area contributed by atoms with Crippen molar-refractivity contribution in [2.75, 3.05) is 0 Å². The van der Waals surface area contributed by atoms with E-state index in [2.05, 4.69) is 27.2 Å². The van der Waals surface area contributed by atoms with E-state index >= 15 is 0 Å². The molecule has 0 amide bonds. The van der Waals surface area contributed by atoms with Crippen LogP contribution in [0.3, 0.4) is 0 Å². The van der Waals surface area contributed by atoms with Crippen molar-refractivity contribution in [2.45, 2.75) is 34.1 Å². The Labute approximate surface area is 135 Å². The van der Waals surface area contributed by atoms with Gasteiger partial charge in [-0.2, -0.15) is 5.10 Å². The van der Waals surface area contributed by atoms with Crippen molar-refractivity contribution in [3.8, 4) is 5.95 Å². The molecule has 0 bridgehead atoms. The predicted octanol–water partition coefficient (Wildman–Crippen LogP) is 2.78. The first-order valence-electron chi connectivity index (χ1n) is 7.63. The Morgan fingerprint density at radius 3 is 2.35 bits per heavy atom. The molecule has 0 saturated carbocycles. The first-order valence-corrected chi connectivity index (χ1v) is 7.63. The second kappa shape index (κ2) is 5.83. The van der Waals surface area contributed by atoms with Crippen LogP contribution in [-0.2, 0) is 6.42 Å². The maximum Gasteiger partial charge on any atom is 0.256 e. The molecule has 0 aliphatic rings. The molecule has 3 aromatic rings. The standard InChI is InChI=1S/C18H20N4O/c1-11-5-7-15(8-6-11)10-16-14(4)19-18(20-17(16)23)22-13(3)9-12(2)21-22/h5-9H,10H2,1-4H3,(H,19,20,23). The van der Waals surface area contributed by atoms with Gasteiger partial charge >= 0.3 is 0 Å². The average Bonchev–Trinajstić information content (AvgIpc) is 2.83. The van der Waals surface area contributed by atoms with Gasteiger partial charge in [0, 0.05) is 17.7 Å². The van der Waals surface area contributed by atoms with E-state index in [9.17, 15) is 4.79 Å². The highest BCUT2D eigenvalue weighted by molar-refractivity contribution is 5.31. The van der Waals surface area contributed by atoms with Crippen LogP contribution in [0.4, 0.5) is 0 Å². The molecule has 1 aromatic carbocycles. The van der Waals surface area contributed by atoms with E-state index in [-0.39, 0.29) is 5.56 Å². The molecule has 0 fully saturated rings. The molecule has 0 spiro atoms. The van der Waals surface area contributed by atoms with Gasteiger partial charge < -0.3 is 0 Å². The fourth-order valence-electron chi connectivity index (χ4n) is 2.66. The summed E-state index contributed by atoms with van der Waals surface area (Å²) in [5, 5.41) is 4.37. The zero-order valence-electron chi connectivity index (χ0n) is 13.8. The molecule has 118 valence electrons. The fourth-order valence-corrected chi connectivity index (χ4v) is 2.66. The highest BCUT2D eigenvalue weighted by atomic mass is 16.1. The molecule has 0 unspecified atom stereocenters. The number of aromatic nitrogens is 4. The van der Waals surface area contributed by atoms with Crippen molar-refractivity contribution >= 4 is 0 Å². The molecule has 2 aromatic heterocycles. The minimum atomic E-state index is -0.111. The second-order valence-electron chi connectivity index (χ2n) is 5.95. The van der Waals surface area contributed by atoms with Crippen LogP contribution in [-0.4, -0.2) is 19.7 Å². The molecule has 0 aliphatic carbocycles. The summed E-state index contributed by atoms with van der Waals surface area (Å²) in [6, 6.07) is 10.1. The van der Waals surface area contributed by atoms with Gasteiger partial charge in [-0.3, -0.25) is 9.78 Å². The maximum atomic E-state index is 12.5. The lowest BCUT2D eigenvalue weighted by atomic mass is 10.0. The Morgan fingerprint density at radius 2 is 1.78 bits per heavy atom. The third kappa shape index (κ3) is 3.08. The lowest BCUT2D eigenvalue weighted by Crippen LogP contribution is -2.21. The van der Waals surface area contributed by atoms with Crippen LogP contribution in [0.5, 0.6) is 0 Å². The first kappa shape index (κ1) is 15.2. The topological polar surface area (TPSA) is 63.6 Å². The number of nitrogens with one attached hydrogen (secondary N) is 1. The molecule has 5 nitrogen and oxygen atoms in total. The highest BCUT2D eigenvalue weighted by Gasteiger charge is 2.12. The van der Waals surface area contributed by atoms with Crippen molar-refractivity contribution in [3.05, 3.63) is 74.5 Å². The van der Waals surface area contributed by atoms with Gasteiger partial charge in [-0.1, -0.05) is 29.8 Å². The quantitative estimate of drug-likeness (QED) is 0.809. The van der Waals surface area contributed by atoms with Gasteiger partial charge in [0.05, 0.1) is 11.4 Å². The molecule has 1 N–H and O–H groups in total. The number of benzene rings is 1. The van der Waals surface area contributed by atoms with E-state index in [1.165, 1.54) is 5.56 Å². The number of aryl methyl sites for hydroxylation is 4. The Hall–Kier alpha value is -2.69. The molecular weight excluding hydrogens is 288 g/mol. The van der Waals surface area contributed by atoms with Gasteiger partial charge in [0.1, 0.15) is 0 Å². The lowest BCUT2D eigenvalue weighted by Gasteiger charge is -2.09. The van der Waals surface area contributed by atoms with Crippen molar-refractivity contribution in [1.82, 2.24) is 19.7 Å². The minimum absolute atomic E-state index is 0.111. The van der Waals surface area contributed by atoms with E-state index in [0.29, 0.717) is 17.9 Å². The normalized spacial score (nSPS) is 11.0. The first-order chi connectivity index (χ1) is 10.9. The van der Waals surface area contributed by atoms with Crippen LogP contribution >= 0.6 is 0 Å². The van der Waals surface area contributed by atoms with E-state index in [1.54, 1.807) is 4.68 Å². The number of rotatable bonds is 3. The van der Waals surface area contributed by atoms with Crippen LogP contribution in [0.2, 0.25) is 0 Å². The van der Waals surface area contributed by atoms with E-state index in [4.69, 9.17) is 0 Å². The average molecular weight is 308 g/mol. The summed E-state index contributed by atoms with van der Waals surface area (Å²) in [6.45, 7) is 7.77. The van der Waals surface area contributed by atoms with Gasteiger partial charge in [-0.05, 0) is 39.3 Å². The molecule has 0 aliphatic heterocycles. The van der Waals surface area contributed by atoms with Crippen molar-refractivity contribution < 1.29 is 0 Å². The zero-order chi connectivity index (χ0) is 16.6. The van der Waals surface area contributed by atoms with Gasteiger partial charge in [-0.15, -0.1) is 0 Å². The van der Waals surface area contributed by atoms with Crippen LogP contribution < -0.4 is 5.56 Å². The smallest absolute Gasteiger partial charge is 0.256 e. The molecule has 5 heteroatoms. The van der Waals surface area contributed by atoms with E-state index in [0.717, 1.165) is 22.6 Å². The Balaban J connectivity index is 1.99. The van der Waals surface area contributed by atoms with Gasteiger partial charge in [0.15, 0.2) is 0 Å². The maximum absolute atomic E-state index is 12.5. The second-order valence-corrected chi connectivity index (χ2v) is 5.95. The summed E-state index contributed by atoms with van der Waals surface area (Å²) in [5.41, 5.74) is 5.46. The van der Waals surface area contributed by atoms with E-state index < -0.39 is 0 Å². The summed E-state index contributed by atoms with van der Waals surface area (Å²) >= 11 is 0. The molecule has 0 atom stereocenters. The van der Waals surface area contributed by atoms with Gasteiger partial charge in [0.25, 0.3) is 5.56 Å². The summed E-state index contributed by atoms with van der Waals surface area (Å²) in [7, 11) is 0. The molecule has 0 saturated heterocycles. The molecule has 2 heterocycles. The molecule has 0 radical (unpaired) electrons. The Kier molecular flexibility index (Phi) is 3.86. The third-order valence-corrected chi connectivity index (χ3v) is 3.92. The van der Waals surface area contributed by atoms with Crippen LogP contribution in [0, 0.1) is 27.7 Å². The molecular formula is C18H20N4O. The zero-order valence-corrected chi connectivity index (χ0v) is 13.8. The fraction of sp³-hybridized carbons (Fsp3) is 0.278. The number of aromatic amines is 1. The lowest BCUT2D eigenvalue weighted by molar-refractivity contribution is 0.756. The van der Waals surface area contributed by atoms with Gasteiger partial charge in [0.2, 0.25) is 5.95 Å². The van der Waals surface area contributed by atoms with Crippen LogP contribution in [0.15, 0.2) is 35.1 Å². The SMILES string of the molecule is Cc1ccc(Cc2c(C)nc(-n3nc(C)cc3C)[nH]c2=O)cc1. The van der Waals surface area contributed by atoms with Gasteiger partial charge in [-0.25, -0.2) is 9.67 Å². The van der Waals surface area contributed by atoms with E-state index in [1.807, 2.05) is 45.9 Å². The minimum Gasteiger partial charge on any atom is -0.291 e. The molecule has 3 rings (SSSR count). The number of hydrogen-bond donors (Lipinski definition) is 1. The number of H-pyrrole nitrogens is 1. The molecule has 23 heavy (non-hydrogen) atoms. The van der Waals surface area contributed by atoms with Crippen molar-refractivity contribution in [3.63, 3.8) is 0 Å². The Bertz CT molecular complexity index is 904. The monoisotopic (exact) mass is 308 g/mol. The van der Waals surface area contributed by atoms with Crippen molar-refractivity contribution in [1.29, 1.82) is 0 Å².